The summed E-state index contributed by atoms with van der Waals surface area (Å²) in [7, 11) is 1.71. The summed E-state index contributed by atoms with van der Waals surface area (Å²) < 4.78 is 5.27. The van der Waals surface area contributed by atoms with E-state index in [9.17, 15) is 4.79 Å². The molecule has 0 spiro atoms. The summed E-state index contributed by atoms with van der Waals surface area (Å²) >= 11 is 0. The van der Waals surface area contributed by atoms with Crippen molar-refractivity contribution < 1.29 is 9.53 Å². The lowest BCUT2D eigenvalue weighted by Crippen LogP contribution is -2.30. The first-order chi connectivity index (χ1) is 9.11. The Bertz CT molecular complexity index is 442. The van der Waals surface area contributed by atoms with E-state index >= 15 is 0 Å². The van der Waals surface area contributed by atoms with Gasteiger partial charge in [0.05, 0.1) is 6.61 Å². The number of methoxy groups -OCH3 is 1. The lowest BCUT2D eigenvalue weighted by molar-refractivity contribution is -0.119. The van der Waals surface area contributed by atoms with Crippen LogP contribution in [0.2, 0.25) is 0 Å². The maximum Gasteiger partial charge on any atom is 0.220 e. The number of rotatable bonds is 5. The van der Waals surface area contributed by atoms with Crippen LogP contribution in [-0.4, -0.2) is 19.1 Å². The maximum absolute atomic E-state index is 11.7. The average Bonchev–Trinajstić information content (AvgIpc) is 2.70. The zero-order chi connectivity index (χ0) is 13.8. The number of benzene rings is 1. The van der Waals surface area contributed by atoms with Gasteiger partial charge in [0.1, 0.15) is 0 Å². The molecule has 104 valence electrons. The predicted octanol–water partition coefficient (Wildman–Crippen LogP) is 2.85. The first kappa shape index (κ1) is 14.1. The van der Waals surface area contributed by atoms with Gasteiger partial charge in [0.25, 0.3) is 0 Å². The Hall–Kier alpha value is -1.35. The minimum absolute atomic E-state index is 0.169. The summed E-state index contributed by atoms with van der Waals surface area (Å²) in [5, 5.41) is 3.12. The molecule has 19 heavy (non-hydrogen) atoms. The van der Waals surface area contributed by atoms with Crippen LogP contribution in [0.25, 0.3) is 0 Å². The molecule has 0 aliphatic carbocycles. The Labute approximate surface area is 115 Å². The van der Waals surface area contributed by atoms with Gasteiger partial charge in [-0.1, -0.05) is 38.1 Å². The molecule has 0 saturated carbocycles. The normalized spacial score (nSPS) is 22.8. The van der Waals surface area contributed by atoms with Gasteiger partial charge >= 0.3 is 0 Å². The topological polar surface area (TPSA) is 38.3 Å². The van der Waals surface area contributed by atoms with Gasteiger partial charge < -0.3 is 10.1 Å². The molecule has 2 rings (SSSR count). The van der Waals surface area contributed by atoms with E-state index in [1.165, 1.54) is 11.1 Å². The van der Waals surface area contributed by atoms with Crippen molar-refractivity contribution in [3.63, 3.8) is 0 Å². The fourth-order valence-corrected chi connectivity index (χ4v) is 2.95. The van der Waals surface area contributed by atoms with E-state index in [1.807, 2.05) is 12.1 Å². The zero-order valence-corrected chi connectivity index (χ0v) is 12.0. The predicted molar refractivity (Wildman–Crippen MR) is 75.9 cm³/mol. The molecular weight excluding hydrogens is 238 g/mol. The highest BCUT2D eigenvalue weighted by molar-refractivity contribution is 5.80. The van der Waals surface area contributed by atoms with Crippen molar-refractivity contribution in [2.75, 3.05) is 7.11 Å². The first-order valence-corrected chi connectivity index (χ1v) is 6.98. The van der Waals surface area contributed by atoms with Crippen molar-refractivity contribution in [2.24, 2.45) is 5.92 Å². The van der Waals surface area contributed by atoms with Crippen LogP contribution >= 0.6 is 0 Å². The first-order valence-electron chi connectivity index (χ1n) is 6.98. The minimum Gasteiger partial charge on any atom is -0.380 e. The molecule has 0 radical (unpaired) electrons. The highest BCUT2D eigenvalue weighted by Crippen LogP contribution is 2.33. The van der Waals surface area contributed by atoms with Crippen LogP contribution in [0.4, 0.5) is 0 Å². The lowest BCUT2D eigenvalue weighted by atomic mass is 9.85. The second-order valence-electron chi connectivity index (χ2n) is 5.75. The molecule has 1 fully saturated rings. The quantitative estimate of drug-likeness (QED) is 0.885. The number of nitrogens with one attached hydrogen (secondary N) is 1. The van der Waals surface area contributed by atoms with Gasteiger partial charge in [0, 0.05) is 25.5 Å². The molecule has 0 bridgehead atoms. The smallest absolute Gasteiger partial charge is 0.220 e. The molecule has 1 amide bonds. The molecule has 2 atom stereocenters. The molecule has 1 aromatic rings. The second-order valence-corrected chi connectivity index (χ2v) is 5.75. The van der Waals surface area contributed by atoms with Crippen LogP contribution in [0.3, 0.4) is 0 Å². The van der Waals surface area contributed by atoms with E-state index in [4.69, 9.17) is 4.74 Å². The largest absolute Gasteiger partial charge is 0.380 e. The number of amides is 1. The van der Waals surface area contributed by atoms with E-state index < -0.39 is 0 Å². The third-order valence-electron chi connectivity index (χ3n) is 3.72. The number of carbonyl (C=O) groups excluding carboxylic acids is 1. The van der Waals surface area contributed by atoms with E-state index in [2.05, 4.69) is 31.3 Å². The molecule has 1 aliphatic rings. The average molecular weight is 261 g/mol. The van der Waals surface area contributed by atoms with Crippen LogP contribution in [0.5, 0.6) is 0 Å². The van der Waals surface area contributed by atoms with E-state index in [0.717, 1.165) is 6.42 Å². The van der Waals surface area contributed by atoms with Crippen molar-refractivity contribution in [1.29, 1.82) is 0 Å². The minimum atomic E-state index is 0.169. The fourth-order valence-electron chi connectivity index (χ4n) is 2.95. The number of hydrogen-bond donors (Lipinski definition) is 1. The molecule has 0 aromatic heterocycles. The summed E-state index contributed by atoms with van der Waals surface area (Å²) in [5.41, 5.74) is 2.45. The van der Waals surface area contributed by atoms with E-state index in [-0.39, 0.29) is 17.9 Å². The molecule has 3 heteroatoms. The van der Waals surface area contributed by atoms with Crippen LogP contribution in [0.15, 0.2) is 24.3 Å². The third kappa shape index (κ3) is 3.35. The molecular formula is C16H23NO2. The molecule has 1 saturated heterocycles. The maximum atomic E-state index is 11.7. The molecule has 3 nitrogen and oxygen atoms in total. The molecule has 1 heterocycles. The number of ether oxygens (including phenoxy) is 1. The van der Waals surface area contributed by atoms with Crippen molar-refractivity contribution in [2.45, 2.75) is 45.3 Å². The van der Waals surface area contributed by atoms with Crippen LogP contribution in [0.1, 0.15) is 43.7 Å². The summed E-state index contributed by atoms with van der Waals surface area (Å²) in [6.45, 7) is 5.00. The van der Waals surface area contributed by atoms with Crippen molar-refractivity contribution in [3.05, 3.63) is 35.4 Å². The van der Waals surface area contributed by atoms with Crippen molar-refractivity contribution >= 4 is 5.91 Å². The number of carbonyl (C=O) groups is 1. The van der Waals surface area contributed by atoms with Gasteiger partial charge in [0.2, 0.25) is 5.91 Å². The van der Waals surface area contributed by atoms with Gasteiger partial charge in [-0.05, 0) is 23.5 Å². The van der Waals surface area contributed by atoms with Crippen LogP contribution in [-0.2, 0) is 16.1 Å². The van der Waals surface area contributed by atoms with Gasteiger partial charge in [0.15, 0.2) is 0 Å². The summed E-state index contributed by atoms with van der Waals surface area (Å²) in [6, 6.07) is 8.55. The van der Waals surface area contributed by atoms with Gasteiger partial charge in [-0.2, -0.15) is 0 Å². The number of hydrogen-bond acceptors (Lipinski definition) is 2. The fraction of sp³-hybridized carbons (Fsp3) is 0.562. The second kappa shape index (κ2) is 6.20. The van der Waals surface area contributed by atoms with Gasteiger partial charge in [-0.25, -0.2) is 0 Å². The molecule has 1 N–H and O–H groups in total. The monoisotopic (exact) mass is 261 g/mol. The Balaban J connectivity index is 2.25. The Morgan fingerprint density at radius 3 is 2.79 bits per heavy atom. The van der Waals surface area contributed by atoms with Crippen LogP contribution in [0, 0.1) is 5.92 Å². The van der Waals surface area contributed by atoms with E-state index in [1.54, 1.807) is 7.11 Å². The highest BCUT2D eigenvalue weighted by Gasteiger charge is 2.34. The Kier molecular flexibility index (Phi) is 4.59. The SMILES string of the molecule is COCc1ccccc1C1CC(=O)NC1CC(C)C. The molecule has 1 aromatic carbocycles. The highest BCUT2D eigenvalue weighted by atomic mass is 16.5. The lowest BCUT2D eigenvalue weighted by Gasteiger charge is -2.23. The molecule has 2 unspecified atom stereocenters. The van der Waals surface area contributed by atoms with Crippen molar-refractivity contribution in [3.8, 4) is 0 Å². The Morgan fingerprint density at radius 1 is 1.37 bits per heavy atom. The third-order valence-corrected chi connectivity index (χ3v) is 3.72. The summed E-state index contributed by atoms with van der Waals surface area (Å²) in [4.78, 5) is 11.7. The van der Waals surface area contributed by atoms with Gasteiger partial charge in [-0.3, -0.25) is 4.79 Å². The Morgan fingerprint density at radius 2 is 2.11 bits per heavy atom. The zero-order valence-electron chi connectivity index (χ0n) is 12.0. The van der Waals surface area contributed by atoms with E-state index in [0.29, 0.717) is 18.9 Å². The van der Waals surface area contributed by atoms with Crippen LogP contribution < -0.4 is 5.32 Å². The summed E-state index contributed by atoms with van der Waals surface area (Å²) in [6.07, 6.45) is 1.62. The standard InChI is InChI=1S/C16H23NO2/c1-11(2)8-15-14(9-16(18)17-15)13-7-5-4-6-12(13)10-19-3/h4-7,11,14-15H,8-10H2,1-3H3,(H,17,18). The van der Waals surface area contributed by atoms with Crippen molar-refractivity contribution in [1.82, 2.24) is 5.32 Å². The summed E-state index contributed by atoms with van der Waals surface area (Å²) in [5.74, 6) is 1.03. The van der Waals surface area contributed by atoms with Gasteiger partial charge in [-0.15, -0.1) is 0 Å². The molecule has 1 aliphatic heterocycles.